The first-order valence-electron chi connectivity index (χ1n) is 11.2. The lowest BCUT2D eigenvalue weighted by atomic mass is 9.82. The van der Waals surface area contributed by atoms with Crippen molar-refractivity contribution in [3.63, 3.8) is 0 Å². The fraction of sp³-hybridized carbons (Fsp3) is 0.320. The van der Waals surface area contributed by atoms with Crippen molar-refractivity contribution in [1.82, 2.24) is 14.1 Å². The first-order chi connectivity index (χ1) is 16.9. The highest BCUT2D eigenvalue weighted by Gasteiger charge is 2.66. The molecule has 0 bridgehead atoms. The number of carbonyl (C=O) groups excluding carboxylic acids is 3. The minimum absolute atomic E-state index is 0.00720. The van der Waals surface area contributed by atoms with Gasteiger partial charge in [0.15, 0.2) is 5.54 Å². The number of aliphatic hydroxyl groups is 1. The molecule has 1 unspecified atom stereocenters. The Morgan fingerprint density at radius 2 is 1.58 bits per heavy atom. The van der Waals surface area contributed by atoms with Gasteiger partial charge in [-0.05, 0) is 44.4 Å². The van der Waals surface area contributed by atoms with E-state index in [1.54, 1.807) is 31.3 Å². The molecule has 10 nitrogen and oxygen atoms in total. The van der Waals surface area contributed by atoms with Crippen LogP contribution in [0.15, 0.2) is 59.0 Å². The number of carbonyl (C=O) groups is 3. The minimum Gasteiger partial charge on any atom is -0.507 e. The average molecular weight is 513 g/mol. The number of para-hydroxylation sites is 1. The maximum absolute atomic E-state index is 13.9. The van der Waals surface area contributed by atoms with Gasteiger partial charge in [-0.2, -0.15) is 0 Å². The van der Waals surface area contributed by atoms with Crippen LogP contribution in [-0.2, 0) is 29.9 Å². The Kier molecular flexibility index (Phi) is 6.27. The Hall–Kier alpha value is -3.54. The molecular formula is C25H28N4O6S. The lowest BCUT2D eigenvalue weighted by Crippen LogP contribution is -2.52. The molecule has 1 saturated heterocycles. The number of amides is 2. The predicted octanol–water partition coefficient (Wildman–Crippen LogP) is 1.05. The summed E-state index contributed by atoms with van der Waals surface area (Å²) in [5.74, 6) is -2.94. The number of Topliss-reactive ketones (excluding diaryl/α,β-unsaturated/α-hetero) is 1. The van der Waals surface area contributed by atoms with Crippen LogP contribution < -0.4 is 4.90 Å². The largest absolute Gasteiger partial charge is 0.507 e. The van der Waals surface area contributed by atoms with E-state index in [1.165, 1.54) is 48.2 Å². The topological polar surface area (TPSA) is 119 Å². The molecule has 11 heteroatoms. The summed E-state index contributed by atoms with van der Waals surface area (Å²) in [5, 5.41) is 11.4. The highest BCUT2D eigenvalue weighted by Crippen LogP contribution is 2.53. The fourth-order valence-corrected chi connectivity index (χ4v) is 5.61. The summed E-state index contributed by atoms with van der Waals surface area (Å²) in [4.78, 5) is 45.0. The second kappa shape index (κ2) is 8.84. The van der Waals surface area contributed by atoms with E-state index in [2.05, 4.69) is 0 Å². The van der Waals surface area contributed by atoms with E-state index in [-0.39, 0.29) is 22.6 Å². The number of ketones is 1. The van der Waals surface area contributed by atoms with Crippen LogP contribution in [0.4, 0.5) is 5.69 Å². The third-order valence-electron chi connectivity index (χ3n) is 6.62. The lowest BCUT2D eigenvalue weighted by Gasteiger charge is -2.34. The van der Waals surface area contributed by atoms with Gasteiger partial charge >= 0.3 is 0 Å². The molecule has 2 amide bonds. The summed E-state index contributed by atoms with van der Waals surface area (Å²) in [6.45, 7) is 0.452. The monoisotopic (exact) mass is 512 g/mol. The van der Waals surface area contributed by atoms with E-state index in [4.69, 9.17) is 0 Å². The SMILES string of the molecule is CN(C)CCN1C(=O)C(=O)/C(=C(/O)c2ccc(S(=O)(=O)N(C)C)cc2)C12C(=O)N(C)c1ccccc12. The highest BCUT2D eigenvalue weighted by molar-refractivity contribution is 7.89. The molecule has 4 rings (SSSR count). The molecule has 1 N–H and O–H groups in total. The Balaban J connectivity index is 1.97. The van der Waals surface area contributed by atoms with Crippen LogP contribution in [0.25, 0.3) is 5.76 Å². The van der Waals surface area contributed by atoms with Crippen LogP contribution in [0.3, 0.4) is 0 Å². The number of likely N-dealkylation sites (tertiary alicyclic amines) is 1. The fourth-order valence-electron chi connectivity index (χ4n) is 4.71. The molecule has 36 heavy (non-hydrogen) atoms. The zero-order chi connectivity index (χ0) is 26.6. The molecule has 2 aliphatic rings. The highest BCUT2D eigenvalue weighted by atomic mass is 32.2. The van der Waals surface area contributed by atoms with Gasteiger partial charge in [0.2, 0.25) is 10.0 Å². The summed E-state index contributed by atoms with van der Waals surface area (Å²) in [7, 11) is 4.26. The minimum atomic E-state index is -3.72. The quantitative estimate of drug-likeness (QED) is 0.349. The number of benzene rings is 2. The third kappa shape index (κ3) is 3.54. The van der Waals surface area contributed by atoms with Crippen molar-refractivity contribution >= 4 is 39.1 Å². The Morgan fingerprint density at radius 1 is 0.972 bits per heavy atom. The van der Waals surface area contributed by atoms with Crippen molar-refractivity contribution in [3.8, 4) is 0 Å². The van der Waals surface area contributed by atoms with Gasteiger partial charge in [0, 0.05) is 51.0 Å². The summed E-state index contributed by atoms with van der Waals surface area (Å²) in [5.41, 5.74) is -1.12. The third-order valence-corrected chi connectivity index (χ3v) is 8.45. The normalized spacial score (nSPS) is 21.4. The molecule has 2 aromatic rings. The van der Waals surface area contributed by atoms with Crippen molar-refractivity contribution in [2.75, 3.05) is 53.2 Å². The summed E-state index contributed by atoms with van der Waals surface area (Å²) in [6, 6.07) is 12.1. The van der Waals surface area contributed by atoms with Crippen LogP contribution in [0, 0.1) is 0 Å². The molecule has 0 aromatic heterocycles. The second-order valence-corrected chi connectivity index (χ2v) is 11.4. The van der Waals surface area contributed by atoms with Crippen molar-refractivity contribution in [2.24, 2.45) is 0 Å². The zero-order valence-electron chi connectivity index (χ0n) is 20.7. The zero-order valence-corrected chi connectivity index (χ0v) is 21.5. The molecule has 0 saturated carbocycles. The van der Waals surface area contributed by atoms with E-state index in [0.717, 1.165) is 4.31 Å². The van der Waals surface area contributed by atoms with E-state index in [1.807, 2.05) is 19.0 Å². The van der Waals surface area contributed by atoms with Crippen molar-refractivity contribution in [2.45, 2.75) is 10.4 Å². The second-order valence-electron chi connectivity index (χ2n) is 9.22. The molecule has 1 atom stereocenters. The first-order valence-corrected chi connectivity index (χ1v) is 12.7. The van der Waals surface area contributed by atoms with Crippen LogP contribution >= 0.6 is 0 Å². The standard InChI is InChI=1S/C25H28N4O6S/c1-26(2)14-15-29-23(32)22(31)20(25(29)18-8-6-7-9-19(18)28(5)24(25)33)21(30)16-10-12-17(13-11-16)36(34,35)27(3)4/h6-13,30H,14-15H2,1-5H3/b21-20-. The molecule has 2 heterocycles. The van der Waals surface area contributed by atoms with Crippen LogP contribution in [0.1, 0.15) is 11.1 Å². The van der Waals surface area contributed by atoms with E-state index < -0.39 is 38.9 Å². The molecule has 2 aliphatic heterocycles. The van der Waals surface area contributed by atoms with E-state index in [9.17, 15) is 27.9 Å². The lowest BCUT2D eigenvalue weighted by molar-refractivity contribution is -0.143. The van der Waals surface area contributed by atoms with E-state index >= 15 is 0 Å². The molecule has 0 radical (unpaired) electrons. The molecule has 0 aliphatic carbocycles. The van der Waals surface area contributed by atoms with Crippen LogP contribution in [-0.4, -0.2) is 93.6 Å². The van der Waals surface area contributed by atoms with Gasteiger partial charge in [-0.15, -0.1) is 0 Å². The summed E-state index contributed by atoms with van der Waals surface area (Å²) in [6.07, 6.45) is 0. The Labute approximate surface area is 210 Å². The van der Waals surface area contributed by atoms with Gasteiger partial charge in [0.25, 0.3) is 17.6 Å². The number of hydrogen-bond donors (Lipinski definition) is 1. The number of nitrogens with zero attached hydrogens (tertiary/aromatic N) is 4. The Bertz CT molecular complexity index is 1400. The van der Waals surface area contributed by atoms with Crippen LogP contribution in [0.5, 0.6) is 0 Å². The summed E-state index contributed by atoms with van der Waals surface area (Å²) < 4.78 is 25.9. The number of likely N-dealkylation sites (N-methyl/N-ethyl adjacent to an activating group) is 2. The van der Waals surface area contributed by atoms with Crippen molar-refractivity contribution < 1.29 is 27.9 Å². The average Bonchev–Trinajstić information content (AvgIpc) is 3.20. The van der Waals surface area contributed by atoms with Gasteiger partial charge in [0.05, 0.1) is 10.5 Å². The summed E-state index contributed by atoms with van der Waals surface area (Å²) >= 11 is 0. The molecule has 1 spiro atoms. The number of anilines is 1. The van der Waals surface area contributed by atoms with Gasteiger partial charge in [-0.1, -0.05) is 18.2 Å². The van der Waals surface area contributed by atoms with Crippen molar-refractivity contribution in [1.29, 1.82) is 0 Å². The maximum Gasteiger partial charge on any atom is 0.296 e. The van der Waals surface area contributed by atoms with Crippen LogP contribution in [0.2, 0.25) is 0 Å². The van der Waals surface area contributed by atoms with Gasteiger partial charge < -0.3 is 19.8 Å². The van der Waals surface area contributed by atoms with Gasteiger partial charge in [-0.3, -0.25) is 14.4 Å². The predicted molar refractivity (Wildman–Crippen MR) is 134 cm³/mol. The smallest absolute Gasteiger partial charge is 0.296 e. The maximum atomic E-state index is 13.9. The number of fused-ring (bicyclic) bond motifs is 2. The van der Waals surface area contributed by atoms with Crippen molar-refractivity contribution in [3.05, 3.63) is 65.2 Å². The number of sulfonamides is 1. The number of rotatable bonds is 6. The molecule has 2 aromatic carbocycles. The van der Waals surface area contributed by atoms with E-state index in [0.29, 0.717) is 17.8 Å². The van der Waals surface area contributed by atoms with Gasteiger partial charge in [-0.25, -0.2) is 12.7 Å². The number of hydrogen-bond acceptors (Lipinski definition) is 7. The molecule has 190 valence electrons. The number of aliphatic hydroxyl groups excluding tert-OH is 1. The molecular weight excluding hydrogens is 484 g/mol. The molecule has 1 fully saturated rings. The first kappa shape index (κ1) is 25.5. The Morgan fingerprint density at radius 3 is 2.17 bits per heavy atom. The van der Waals surface area contributed by atoms with Gasteiger partial charge in [0.1, 0.15) is 5.76 Å².